The van der Waals surface area contributed by atoms with Crippen LogP contribution in [0.2, 0.25) is 0 Å². The highest BCUT2D eigenvalue weighted by atomic mass is 19.3. The quantitative estimate of drug-likeness (QED) is 0.0997. The minimum Gasteiger partial charge on any atom is -0.429 e. The van der Waals surface area contributed by atoms with Crippen molar-refractivity contribution in [2.24, 2.45) is 5.92 Å². The Balaban J connectivity index is 1.31. The Morgan fingerprint density at radius 3 is 1.80 bits per heavy atom. The van der Waals surface area contributed by atoms with E-state index < -0.39 is 58.1 Å². The zero-order valence-corrected chi connectivity index (χ0v) is 24.6. The van der Waals surface area contributed by atoms with Gasteiger partial charge in [-0.1, -0.05) is 31.2 Å². The summed E-state index contributed by atoms with van der Waals surface area (Å²) in [5.74, 6) is -10.4. The summed E-state index contributed by atoms with van der Waals surface area (Å²) in [5, 5.41) is 0. The molecule has 4 aromatic rings. The van der Waals surface area contributed by atoms with Crippen molar-refractivity contribution in [3.8, 4) is 28.0 Å². The molecule has 0 amide bonds. The van der Waals surface area contributed by atoms with E-state index in [9.17, 15) is 26.3 Å². The van der Waals surface area contributed by atoms with Crippen LogP contribution < -0.4 is 4.74 Å². The lowest BCUT2D eigenvalue weighted by Gasteiger charge is -2.29. The first kappa shape index (κ1) is 33.2. The van der Waals surface area contributed by atoms with Gasteiger partial charge in [0.25, 0.3) is 0 Å². The van der Waals surface area contributed by atoms with Gasteiger partial charge in [-0.05, 0) is 110 Å². The van der Waals surface area contributed by atoms with Crippen LogP contribution >= 0.6 is 0 Å². The molecule has 0 unspecified atom stereocenters. The number of hydrogen-bond donors (Lipinski definition) is 0. The third-order valence-corrected chi connectivity index (χ3v) is 8.31. The lowest BCUT2D eigenvalue weighted by Crippen LogP contribution is -2.25. The molecule has 0 heterocycles. The van der Waals surface area contributed by atoms with Crippen LogP contribution in [-0.4, -0.2) is 0 Å². The number of ether oxygens (including phenoxy) is 1. The molecule has 0 atom stereocenters. The lowest BCUT2D eigenvalue weighted by atomic mass is 9.77. The van der Waals surface area contributed by atoms with E-state index in [1.807, 2.05) is 6.92 Å². The predicted molar refractivity (Wildman–Crippen MR) is 157 cm³/mol. The molecule has 1 aliphatic carbocycles. The van der Waals surface area contributed by atoms with E-state index in [4.69, 9.17) is 0 Å². The molecule has 1 saturated carbocycles. The maximum absolute atomic E-state index is 15.1. The Morgan fingerprint density at radius 2 is 1.22 bits per heavy atom. The van der Waals surface area contributed by atoms with Gasteiger partial charge in [0.15, 0.2) is 17.5 Å². The summed E-state index contributed by atoms with van der Waals surface area (Å²) in [6, 6.07) is 8.58. The second kappa shape index (κ2) is 13.6. The van der Waals surface area contributed by atoms with Crippen molar-refractivity contribution in [2.75, 3.05) is 0 Å². The molecule has 10 heteroatoms. The number of allylic oxidation sites excluding steroid dienone is 2. The van der Waals surface area contributed by atoms with Crippen LogP contribution in [0, 0.1) is 46.6 Å². The van der Waals surface area contributed by atoms with Gasteiger partial charge < -0.3 is 4.74 Å². The Kier molecular flexibility index (Phi) is 9.84. The lowest BCUT2D eigenvalue weighted by molar-refractivity contribution is -0.189. The molecule has 242 valence electrons. The van der Waals surface area contributed by atoms with Gasteiger partial charge in [0.05, 0.1) is 0 Å². The maximum atomic E-state index is 15.1. The van der Waals surface area contributed by atoms with E-state index in [1.54, 1.807) is 0 Å². The number of halogens is 9. The van der Waals surface area contributed by atoms with Gasteiger partial charge in [0.1, 0.15) is 34.6 Å². The Hall–Kier alpha value is -4.21. The average Bonchev–Trinajstić information content (AvgIpc) is 2.99. The summed E-state index contributed by atoms with van der Waals surface area (Å²) in [7, 11) is 0. The zero-order chi connectivity index (χ0) is 33.2. The summed E-state index contributed by atoms with van der Waals surface area (Å²) >= 11 is 0. The van der Waals surface area contributed by atoms with Gasteiger partial charge in [-0.2, -0.15) is 8.78 Å². The van der Waals surface area contributed by atoms with Gasteiger partial charge in [0, 0.05) is 17.2 Å². The van der Waals surface area contributed by atoms with Crippen molar-refractivity contribution in [1.82, 2.24) is 0 Å². The van der Waals surface area contributed by atoms with Crippen molar-refractivity contribution in [3.05, 3.63) is 125 Å². The predicted octanol–water partition coefficient (Wildman–Crippen LogP) is 11.8. The summed E-state index contributed by atoms with van der Waals surface area (Å²) in [6.07, 6.45) is 4.66. The van der Waals surface area contributed by atoms with Gasteiger partial charge in [-0.3, -0.25) is 0 Å². The minimum absolute atomic E-state index is 0.0701. The molecule has 46 heavy (non-hydrogen) atoms. The molecule has 0 N–H and O–H groups in total. The standard InChI is InChI=1S/C36H29F9O/c1-2-3-4-5-20-6-8-21(9-7-20)23-15-30(39)34(31(40)16-23)36(44,45)46-25-11-13-26(29(38)19-25)22-10-12-27(28(37)14-22)24-17-32(41)35(43)33(42)18-24/h3-4,10-21H,2,5-9H2,1H3. The Morgan fingerprint density at radius 1 is 0.652 bits per heavy atom. The van der Waals surface area contributed by atoms with Crippen molar-refractivity contribution in [3.63, 3.8) is 0 Å². The molecule has 0 spiro atoms. The molecular formula is C36H29F9O. The van der Waals surface area contributed by atoms with E-state index in [2.05, 4.69) is 16.9 Å². The van der Waals surface area contributed by atoms with Crippen LogP contribution in [0.25, 0.3) is 22.3 Å². The molecule has 0 radical (unpaired) electrons. The first-order chi connectivity index (χ1) is 21.9. The molecule has 0 aromatic heterocycles. The fraction of sp³-hybridized carbons (Fsp3) is 0.278. The summed E-state index contributed by atoms with van der Waals surface area (Å²) in [4.78, 5) is 0. The van der Waals surface area contributed by atoms with Gasteiger partial charge in [0.2, 0.25) is 0 Å². The molecule has 0 saturated heterocycles. The second-order valence-corrected chi connectivity index (χ2v) is 11.4. The van der Waals surface area contributed by atoms with Crippen LogP contribution in [0.3, 0.4) is 0 Å². The number of alkyl halides is 2. The summed E-state index contributed by atoms with van der Waals surface area (Å²) in [6.45, 7) is 2.05. The molecule has 0 aliphatic heterocycles. The van der Waals surface area contributed by atoms with Crippen molar-refractivity contribution in [1.29, 1.82) is 0 Å². The zero-order valence-electron chi connectivity index (χ0n) is 24.6. The molecule has 1 fully saturated rings. The largest absolute Gasteiger partial charge is 0.432 e. The smallest absolute Gasteiger partial charge is 0.429 e. The number of benzene rings is 4. The summed E-state index contributed by atoms with van der Waals surface area (Å²) < 4.78 is 135. The van der Waals surface area contributed by atoms with Crippen LogP contribution in [0.15, 0.2) is 72.8 Å². The van der Waals surface area contributed by atoms with E-state index in [0.717, 1.165) is 62.1 Å². The fourth-order valence-corrected chi connectivity index (χ4v) is 5.91. The highest BCUT2D eigenvalue weighted by Crippen LogP contribution is 2.41. The Labute approximate surface area is 260 Å². The highest BCUT2D eigenvalue weighted by Gasteiger charge is 2.42. The molecule has 1 nitrogen and oxygen atoms in total. The average molecular weight is 649 g/mol. The number of hydrogen-bond acceptors (Lipinski definition) is 1. The van der Waals surface area contributed by atoms with Crippen molar-refractivity contribution >= 4 is 0 Å². The third kappa shape index (κ3) is 7.11. The molecule has 0 bridgehead atoms. The Bertz CT molecular complexity index is 1710. The van der Waals surface area contributed by atoms with Crippen molar-refractivity contribution in [2.45, 2.75) is 57.5 Å². The van der Waals surface area contributed by atoms with Gasteiger partial charge >= 0.3 is 6.11 Å². The molecule has 1 aliphatic rings. The van der Waals surface area contributed by atoms with Gasteiger partial charge in [-0.15, -0.1) is 0 Å². The van der Waals surface area contributed by atoms with E-state index in [0.29, 0.717) is 42.5 Å². The summed E-state index contributed by atoms with van der Waals surface area (Å²) in [5.41, 5.74) is -2.24. The van der Waals surface area contributed by atoms with Crippen LogP contribution in [-0.2, 0) is 6.11 Å². The molecule has 4 aromatic carbocycles. The van der Waals surface area contributed by atoms with E-state index in [1.165, 1.54) is 6.07 Å². The van der Waals surface area contributed by atoms with E-state index in [-0.39, 0.29) is 28.2 Å². The minimum atomic E-state index is -4.50. The van der Waals surface area contributed by atoms with Crippen LogP contribution in [0.5, 0.6) is 5.75 Å². The van der Waals surface area contributed by atoms with Crippen molar-refractivity contribution < 1.29 is 44.3 Å². The SMILES string of the molecule is CCC=CCC1CCC(c2cc(F)c(C(F)(F)Oc3ccc(-c4ccc(-c5cc(F)c(F)c(F)c5)c(F)c4)c(F)c3)c(F)c2)CC1. The van der Waals surface area contributed by atoms with Crippen LogP contribution in [0.4, 0.5) is 39.5 Å². The highest BCUT2D eigenvalue weighted by molar-refractivity contribution is 5.72. The first-order valence-corrected chi connectivity index (χ1v) is 14.8. The fourth-order valence-electron chi connectivity index (χ4n) is 5.91. The van der Waals surface area contributed by atoms with Crippen LogP contribution in [0.1, 0.15) is 62.5 Å². The second-order valence-electron chi connectivity index (χ2n) is 11.4. The number of rotatable bonds is 9. The maximum Gasteiger partial charge on any atom is 0.432 e. The first-order valence-electron chi connectivity index (χ1n) is 14.8. The van der Waals surface area contributed by atoms with E-state index >= 15 is 13.2 Å². The van der Waals surface area contributed by atoms with Gasteiger partial charge in [-0.25, -0.2) is 30.7 Å². The molecule has 5 rings (SSSR count). The monoisotopic (exact) mass is 648 g/mol. The third-order valence-electron chi connectivity index (χ3n) is 8.31. The normalized spacial score (nSPS) is 17.1. The topological polar surface area (TPSA) is 9.23 Å². The molecular weight excluding hydrogens is 619 g/mol.